The Hall–Kier alpha value is -1.81. The van der Waals surface area contributed by atoms with E-state index in [4.69, 9.17) is 0 Å². The molecule has 1 aromatic heterocycles. The number of aryl methyl sites for hydroxylation is 1. The molecule has 1 amide bonds. The molecule has 1 aromatic carbocycles. The van der Waals surface area contributed by atoms with Gasteiger partial charge in [-0.05, 0) is 36.2 Å². The Morgan fingerprint density at radius 1 is 1.33 bits per heavy atom. The van der Waals surface area contributed by atoms with Crippen molar-refractivity contribution in [1.29, 1.82) is 0 Å². The van der Waals surface area contributed by atoms with Crippen LogP contribution in [0, 0.1) is 6.92 Å². The molecule has 92 valence electrons. The molecule has 0 aliphatic carbocycles. The molecule has 0 saturated carbocycles. The summed E-state index contributed by atoms with van der Waals surface area (Å²) in [5.74, 6) is -0.121. The van der Waals surface area contributed by atoms with Crippen molar-refractivity contribution in [3.63, 3.8) is 0 Å². The van der Waals surface area contributed by atoms with Gasteiger partial charge < -0.3 is 5.32 Å². The van der Waals surface area contributed by atoms with Crippen molar-refractivity contribution in [2.75, 3.05) is 0 Å². The quantitative estimate of drug-likeness (QED) is 0.831. The summed E-state index contributed by atoms with van der Waals surface area (Å²) in [5.41, 5.74) is 2.72. The average Bonchev–Trinajstić information content (AvgIpc) is 2.38. The summed E-state index contributed by atoms with van der Waals surface area (Å²) in [6.45, 7) is 2.47. The van der Waals surface area contributed by atoms with Crippen molar-refractivity contribution >= 4 is 18.5 Å². The van der Waals surface area contributed by atoms with Crippen LogP contribution in [-0.2, 0) is 6.54 Å². The van der Waals surface area contributed by atoms with Crippen LogP contribution < -0.4 is 5.32 Å². The molecule has 0 saturated heterocycles. The van der Waals surface area contributed by atoms with E-state index in [-0.39, 0.29) is 5.91 Å². The highest BCUT2D eigenvalue weighted by molar-refractivity contribution is 7.80. The lowest BCUT2D eigenvalue weighted by Crippen LogP contribution is -2.23. The van der Waals surface area contributed by atoms with E-state index in [1.807, 2.05) is 25.1 Å². The molecule has 0 aliphatic rings. The maximum Gasteiger partial charge on any atom is 0.252 e. The van der Waals surface area contributed by atoms with Gasteiger partial charge in [-0.25, -0.2) is 0 Å². The molecule has 18 heavy (non-hydrogen) atoms. The Morgan fingerprint density at radius 3 is 2.83 bits per heavy atom. The predicted octanol–water partition coefficient (Wildman–Crippen LogP) is 2.61. The highest BCUT2D eigenvalue weighted by atomic mass is 32.1. The van der Waals surface area contributed by atoms with Crippen LogP contribution in [0.25, 0.3) is 0 Å². The third-order valence-electron chi connectivity index (χ3n) is 2.74. The van der Waals surface area contributed by atoms with Crippen LogP contribution in [0.4, 0.5) is 0 Å². The van der Waals surface area contributed by atoms with Gasteiger partial charge in [-0.15, -0.1) is 12.6 Å². The van der Waals surface area contributed by atoms with Gasteiger partial charge in [-0.3, -0.25) is 9.78 Å². The molecule has 0 fully saturated rings. The van der Waals surface area contributed by atoms with Gasteiger partial charge in [0, 0.05) is 23.8 Å². The first kappa shape index (κ1) is 12.6. The number of hydrogen-bond acceptors (Lipinski definition) is 3. The second-order valence-electron chi connectivity index (χ2n) is 4.00. The van der Waals surface area contributed by atoms with Crippen LogP contribution >= 0.6 is 12.6 Å². The lowest BCUT2D eigenvalue weighted by Gasteiger charge is -2.08. The van der Waals surface area contributed by atoms with E-state index in [2.05, 4.69) is 22.9 Å². The molecule has 0 bridgehead atoms. The summed E-state index contributed by atoms with van der Waals surface area (Å²) in [6.07, 6.45) is 3.51. The Bertz CT molecular complexity index is 569. The molecule has 0 unspecified atom stereocenters. The van der Waals surface area contributed by atoms with E-state index in [1.165, 1.54) is 0 Å². The van der Waals surface area contributed by atoms with Crippen molar-refractivity contribution in [2.24, 2.45) is 0 Å². The smallest absolute Gasteiger partial charge is 0.252 e. The molecule has 3 nitrogen and oxygen atoms in total. The maximum atomic E-state index is 12.0. The van der Waals surface area contributed by atoms with Crippen molar-refractivity contribution in [1.82, 2.24) is 10.3 Å². The minimum Gasteiger partial charge on any atom is -0.348 e. The summed E-state index contributed by atoms with van der Waals surface area (Å²) >= 11 is 4.26. The normalized spacial score (nSPS) is 10.1. The number of thiol groups is 1. The minimum atomic E-state index is -0.121. The first-order chi connectivity index (χ1) is 8.68. The molecule has 0 aliphatic heterocycles. The molecule has 0 atom stereocenters. The fraction of sp³-hybridized carbons (Fsp3) is 0.143. The number of carbonyl (C=O) groups excluding carboxylic acids is 1. The topological polar surface area (TPSA) is 42.0 Å². The lowest BCUT2D eigenvalue weighted by molar-refractivity contribution is 0.0948. The van der Waals surface area contributed by atoms with Gasteiger partial charge in [0.1, 0.15) is 0 Å². The fourth-order valence-electron chi connectivity index (χ4n) is 1.62. The van der Waals surface area contributed by atoms with E-state index in [9.17, 15) is 4.79 Å². The molecule has 0 radical (unpaired) electrons. The SMILES string of the molecule is Cc1ccncc1CNC(=O)c1ccccc1S. The Balaban J connectivity index is 2.06. The second-order valence-corrected chi connectivity index (χ2v) is 4.48. The first-order valence-corrected chi connectivity index (χ1v) is 6.09. The predicted molar refractivity (Wildman–Crippen MR) is 73.8 cm³/mol. The van der Waals surface area contributed by atoms with E-state index < -0.39 is 0 Å². The summed E-state index contributed by atoms with van der Waals surface area (Å²) in [5, 5.41) is 2.87. The van der Waals surface area contributed by atoms with Crippen LogP contribution in [0.3, 0.4) is 0 Å². The van der Waals surface area contributed by atoms with Crippen LogP contribution in [0.2, 0.25) is 0 Å². The third kappa shape index (κ3) is 2.90. The number of aromatic nitrogens is 1. The number of benzene rings is 1. The minimum absolute atomic E-state index is 0.121. The molecule has 2 aromatic rings. The van der Waals surface area contributed by atoms with Gasteiger partial charge in [0.25, 0.3) is 5.91 Å². The zero-order valence-electron chi connectivity index (χ0n) is 10.1. The second kappa shape index (κ2) is 5.69. The Morgan fingerprint density at radius 2 is 2.11 bits per heavy atom. The van der Waals surface area contributed by atoms with Gasteiger partial charge in [0.05, 0.1) is 5.56 Å². The number of nitrogens with one attached hydrogen (secondary N) is 1. The number of rotatable bonds is 3. The van der Waals surface area contributed by atoms with E-state index >= 15 is 0 Å². The van der Waals surface area contributed by atoms with Gasteiger partial charge >= 0.3 is 0 Å². The summed E-state index contributed by atoms with van der Waals surface area (Å²) in [6, 6.07) is 9.16. The molecule has 4 heteroatoms. The Labute approximate surface area is 112 Å². The standard InChI is InChI=1S/C14H14N2OS/c1-10-6-7-15-8-11(10)9-16-14(17)12-4-2-3-5-13(12)18/h2-8,18H,9H2,1H3,(H,16,17). The maximum absolute atomic E-state index is 12.0. The van der Waals surface area contributed by atoms with E-state index in [0.29, 0.717) is 17.0 Å². The van der Waals surface area contributed by atoms with Gasteiger partial charge in [0.2, 0.25) is 0 Å². The largest absolute Gasteiger partial charge is 0.348 e. The molecule has 0 spiro atoms. The molecule has 1 heterocycles. The lowest BCUT2D eigenvalue weighted by atomic mass is 10.1. The van der Waals surface area contributed by atoms with Crippen LogP contribution in [0.1, 0.15) is 21.5 Å². The zero-order chi connectivity index (χ0) is 13.0. The van der Waals surface area contributed by atoms with Crippen LogP contribution in [0.5, 0.6) is 0 Å². The number of pyridine rings is 1. The molecular formula is C14H14N2OS. The fourth-order valence-corrected chi connectivity index (χ4v) is 1.88. The summed E-state index contributed by atoms with van der Waals surface area (Å²) in [4.78, 5) is 16.7. The Kier molecular flexibility index (Phi) is 3.99. The number of nitrogens with zero attached hydrogens (tertiary/aromatic N) is 1. The first-order valence-electron chi connectivity index (χ1n) is 5.64. The average molecular weight is 258 g/mol. The van der Waals surface area contributed by atoms with Crippen LogP contribution in [-0.4, -0.2) is 10.9 Å². The van der Waals surface area contributed by atoms with Crippen molar-refractivity contribution in [3.8, 4) is 0 Å². The number of amides is 1. The highest BCUT2D eigenvalue weighted by Crippen LogP contribution is 2.13. The van der Waals surface area contributed by atoms with E-state index in [0.717, 1.165) is 11.1 Å². The number of carbonyl (C=O) groups is 1. The summed E-state index contributed by atoms with van der Waals surface area (Å²) < 4.78 is 0. The molecule has 1 N–H and O–H groups in total. The molecular weight excluding hydrogens is 244 g/mol. The van der Waals surface area contributed by atoms with Crippen LogP contribution in [0.15, 0.2) is 47.6 Å². The number of hydrogen-bond donors (Lipinski definition) is 2. The van der Waals surface area contributed by atoms with E-state index in [1.54, 1.807) is 24.5 Å². The van der Waals surface area contributed by atoms with Crippen molar-refractivity contribution < 1.29 is 4.79 Å². The third-order valence-corrected chi connectivity index (χ3v) is 3.13. The zero-order valence-corrected chi connectivity index (χ0v) is 10.9. The van der Waals surface area contributed by atoms with Gasteiger partial charge in [-0.1, -0.05) is 12.1 Å². The van der Waals surface area contributed by atoms with Crippen molar-refractivity contribution in [3.05, 3.63) is 59.4 Å². The van der Waals surface area contributed by atoms with Crippen molar-refractivity contribution in [2.45, 2.75) is 18.4 Å². The van der Waals surface area contributed by atoms with Gasteiger partial charge in [-0.2, -0.15) is 0 Å². The monoisotopic (exact) mass is 258 g/mol. The summed E-state index contributed by atoms with van der Waals surface area (Å²) in [7, 11) is 0. The highest BCUT2D eigenvalue weighted by Gasteiger charge is 2.08. The van der Waals surface area contributed by atoms with Gasteiger partial charge in [0.15, 0.2) is 0 Å². The molecule has 2 rings (SSSR count).